The molecular formula is C57H110NO10P. The minimum absolute atomic E-state index is 0.149. The lowest BCUT2D eigenvalue weighted by molar-refractivity contribution is -0.147. The predicted molar refractivity (Wildman–Crippen MR) is 287 cm³/mol. The Balaban J connectivity index is 3.72. The van der Waals surface area contributed by atoms with Crippen LogP contribution < -0.4 is 5.32 Å². The number of hydrogen-bond donors (Lipinski definition) is 4. The standard InChI is InChI=1S/C57H110NO10P/c1-3-5-7-9-11-13-15-17-19-21-23-25-26-27-29-31-33-35-37-39-41-43-45-47-49-56(61)66-50-53(59)51-67-69(64,65)68-52-54(57(62)63)58-55(60)48-46-44-42-40-38-36-34-32-30-28-24-22-20-18-16-14-12-10-8-6-4-2/h18,20,53-54,59H,3-17,19,21-52H2,1-2H3,(H,58,60)(H,62,63)(H,64,65)/b20-18+. The first-order chi connectivity index (χ1) is 33.6. The third-order valence-electron chi connectivity index (χ3n) is 13.3. The molecule has 0 heterocycles. The minimum Gasteiger partial charge on any atom is -0.480 e. The van der Waals surface area contributed by atoms with Gasteiger partial charge in [-0.15, -0.1) is 0 Å². The Hall–Kier alpha value is -1.78. The zero-order valence-electron chi connectivity index (χ0n) is 44.9. The van der Waals surface area contributed by atoms with Crippen LogP contribution in [0.15, 0.2) is 12.2 Å². The number of carboxylic acids is 1. The first-order valence-corrected chi connectivity index (χ1v) is 30.7. The summed E-state index contributed by atoms with van der Waals surface area (Å²) in [7, 11) is -4.76. The summed E-state index contributed by atoms with van der Waals surface area (Å²) >= 11 is 0. The van der Waals surface area contributed by atoms with Crippen molar-refractivity contribution in [2.45, 2.75) is 315 Å². The molecule has 12 heteroatoms. The zero-order valence-corrected chi connectivity index (χ0v) is 45.8. The van der Waals surface area contributed by atoms with Crippen molar-refractivity contribution < 1.29 is 47.8 Å². The van der Waals surface area contributed by atoms with E-state index in [-0.39, 0.29) is 12.8 Å². The SMILES string of the molecule is CCCCCCCC/C=C/CCCCCCCCCCCCCC(=O)NC(COP(=O)(O)OCC(O)COC(=O)CCCCCCCCCCCCCCCCCCCCCCCCCC)C(=O)O. The second kappa shape index (κ2) is 52.5. The van der Waals surface area contributed by atoms with Crippen LogP contribution in [0.3, 0.4) is 0 Å². The molecule has 0 aromatic heterocycles. The molecule has 0 aliphatic heterocycles. The third kappa shape index (κ3) is 52.4. The first kappa shape index (κ1) is 67.2. The lowest BCUT2D eigenvalue weighted by Crippen LogP contribution is -2.43. The number of phosphoric ester groups is 1. The van der Waals surface area contributed by atoms with Crippen molar-refractivity contribution in [1.82, 2.24) is 5.32 Å². The van der Waals surface area contributed by atoms with Crippen molar-refractivity contribution in [1.29, 1.82) is 0 Å². The molecule has 0 saturated heterocycles. The van der Waals surface area contributed by atoms with Gasteiger partial charge in [0.05, 0.1) is 13.2 Å². The quantitative estimate of drug-likeness (QED) is 0.0199. The number of phosphoric acid groups is 1. The number of amides is 1. The summed E-state index contributed by atoms with van der Waals surface area (Å²) < 4.78 is 27.0. The Morgan fingerprint density at radius 2 is 0.754 bits per heavy atom. The van der Waals surface area contributed by atoms with E-state index in [4.69, 9.17) is 13.8 Å². The van der Waals surface area contributed by atoms with E-state index in [1.807, 2.05) is 0 Å². The summed E-state index contributed by atoms with van der Waals surface area (Å²) in [4.78, 5) is 46.3. The number of esters is 1. The van der Waals surface area contributed by atoms with Crippen LogP contribution in [0.25, 0.3) is 0 Å². The maximum Gasteiger partial charge on any atom is 0.472 e. The van der Waals surface area contributed by atoms with Crippen LogP contribution >= 0.6 is 7.82 Å². The van der Waals surface area contributed by atoms with Gasteiger partial charge in [0.15, 0.2) is 6.04 Å². The van der Waals surface area contributed by atoms with Crippen LogP contribution in [0.2, 0.25) is 0 Å². The number of aliphatic hydroxyl groups is 1. The summed E-state index contributed by atoms with van der Waals surface area (Å²) in [5, 5.41) is 22.0. The Kier molecular flexibility index (Phi) is 51.2. The average molecular weight is 1000 g/mol. The van der Waals surface area contributed by atoms with E-state index in [0.717, 1.165) is 38.5 Å². The lowest BCUT2D eigenvalue weighted by Gasteiger charge is -2.18. The number of aliphatic carboxylic acids is 1. The lowest BCUT2D eigenvalue weighted by atomic mass is 10.0. The van der Waals surface area contributed by atoms with Crippen molar-refractivity contribution in [2.24, 2.45) is 0 Å². The van der Waals surface area contributed by atoms with E-state index in [0.29, 0.717) is 12.8 Å². The molecule has 408 valence electrons. The molecule has 11 nitrogen and oxygen atoms in total. The minimum atomic E-state index is -4.76. The number of carbonyl (C=O) groups is 3. The maximum absolute atomic E-state index is 12.4. The third-order valence-corrected chi connectivity index (χ3v) is 14.3. The summed E-state index contributed by atoms with van der Waals surface area (Å²) in [6.45, 7) is 2.67. The van der Waals surface area contributed by atoms with Crippen molar-refractivity contribution >= 4 is 25.7 Å². The van der Waals surface area contributed by atoms with Crippen molar-refractivity contribution in [2.75, 3.05) is 19.8 Å². The fraction of sp³-hybridized carbons (Fsp3) is 0.912. The Labute approximate surface area is 424 Å². The van der Waals surface area contributed by atoms with Crippen LogP contribution in [0, 0.1) is 0 Å². The van der Waals surface area contributed by atoms with Gasteiger partial charge >= 0.3 is 19.8 Å². The van der Waals surface area contributed by atoms with Crippen LogP contribution in [-0.4, -0.2) is 64.9 Å². The highest BCUT2D eigenvalue weighted by Crippen LogP contribution is 2.43. The number of allylic oxidation sites excluding steroid dienone is 2. The Bertz CT molecular complexity index is 1220. The van der Waals surface area contributed by atoms with Gasteiger partial charge in [-0.3, -0.25) is 18.6 Å². The molecular weight excluding hydrogens is 890 g/mol. The molecule has 0 fully saturated rings. The Morgan fingerprint density at radius 3 is 1.10 bits per heavy atom. The van der Waals surface area contributed by atoms with Gasteiger partial charge in [0.25, 0.3) is 0 Å². The van der Waals surface area contributed by atoms with Gasteiger partial charge in [0.1, 0.15) is 12.7 Å². The molecule has 0 aliphatic rings. The highest BCUT2D eigenvalue weighted by molar-refractivity contribution is 7.47. The van der Waals surface area contributed by atoms with Crippen LogP contribution in [-0.2, 0) is 32.7 Å². The number of ether oxygens (including phenoxy) is 1. The summed E-state index contributed by atoms with van der Waals surface area (Å²) in [5.74, 6) is -2.35. The van der Waals surface area contributed by atoms with E-state index in [1.54, 1.807) is 0 Å². The number of carbonyl (C=O) groups excluding carboxylic acids is 2. The van der Waals surface area contributed by atoms with Gasteiger partial charge in [-0.2, -0.15) is 0 Å². The van der Waals surface area contributed by atoms with E-state index >= 15 is 0 Å². The Morgan fingerprint density at radius 1 is 0.449 bits per heavy atom. The van der Waals surface area contributed by atoms with Crippen LogP contribution in [0.4, 0.5) is 0 Å². The average Bonchev–Trinajstić information content (AvgIpc) is 3.33. The number of rotatable bonds is 56. The number of unbranched alkanes of at least 4 members (excludes halogenated alkanes) is 40. The molecule has 4 N–H and O–H groups in total. The molecule has 69 heavy (non-hydrogen) atoms. The van der Waals surface area contributed by atoms with Crippen LogP contribution in [0.5, 0.6) is 0 Å². The summed E-state index contributed by atoms with van der Waals surface area (Å²) in [6, 6.07) is -1.54. The highest BCUT2D eigenvalue weighted by atomic mass is 31.2. The fourth-order valence-electron chi connectivity index (χ4n) is 8.79. The molecule has 1 amide bonds. The second-order valence-electron chi connectivity index (χ2n) is 20.2. The molecule has 3 unspecified atom stereocenters. The molecule has 0 saturated carbocycles. The normalized spacial score (nSPS) is 13.4. The number of carboxylic acid groups (broad SMARTS) is 1. The van der Waals surface area contributed by atoms with Crippen molar-refractivity contribution in [3.63, 3.8) is 0 Å². The van der Waals surface area contributed by atoms with Gasteiger partial charge in [-0.25, -0.2) is 9.36 Å². The summed E-state index contributed by atoms with van der Waals surface area (Å²) in [6.07, 6.45) is 58.2. The number of hydrogen-bond acceptors (Lipinski definition) is 8. The topological polar surface area (TPSA) is 169 Å². The van der Waals surface area contributed by atoms with E-state index < -0.39 is 57.6 Å². The van der Waals surface area contributed by atoms with E-state index in [1.165, 1.54) is 225 Å². The molecule has 0 rings (SSSR count). The van der Waals surface area contributed by atoms with Crippen molar-refractivity contribution in [3.05, 3.63) is 12.2 Å². The molecule has 0 aromatic rings. The van der Waals surface area contributed by atoms with E-state index in [2.05, 4.69) is 31.3 Å². The monoisotopic (exact) mass is 1000 g/mol. The van der Waals surface area contributed by atoms with E-state index in [9.17, 15) is 34.1 Å². The fourth-order valence-corrected chi connectivity index (χ4v) is 9.56. The molecule has 0 radical (unpaired) electrons. The molecule has 0 aromatic carbocycles. The summed E-state index contributed by atoms with van der Waals surface area (Å²) in [5.41, 5.74) is 0. The van der Waals surface area contributed by atoms with Gasteiger partial charge in [0.2, 0.25) is 5.91 Å². The first-order valence-electron chi connectivity index (χ1n) is 29.2. The van der Waals surface area contributed by atoms with Crippen LogP contribution in [0.1, 0.15) is 303 Å². The number of aliphatic hydroxyl groups excluding tert-OH is 1. The van der Waals surface area contributed by atoms with Gasteiger partial charge in [-0.1, -0.05) is 264 Å². The molecule has 0 spiro atoms. The van der Waals surface area contributed by atoms with Gasteiger partial charge < -0.3 is 25.2 Å². The highest BCUT2D eigenvalue weighted by Gasteiger charge is 2.28. The largest absolute Gasteiger partial charge is 0.480 e. The van der Waals surface area contributed by atoms with Gasteiger partial charge in [-0.05, 0) is 38.5 Å². The van der Waals surface area contributed by atoms with Crippen molar-refractivity contribution in [3.8, 4) is 0 Å². The predicted octanol–water partition coefficient (Wildman–Crippen LogP) is 16.7. The molecule has 0 bridgehead atoms. The smallest absolute Gasteiger partial charge is 0.472 e. The maximum atomic E-state index is 12.4. The number of nitrogens with one attached hydrogen (secondary N) is 1. The molecule has 3 atom stereocenters. The van der Waals surface area contributed by atoms with Gasteiger partial charge in [0, 0.05) is 12.8 Å². The molecule has 0 aliphatic carbocycles. The zero-order chi connectivity index (χ0) is 50.6. The second-order valence-corrected chi connectivity index (χ2v) is 21.6.